The topological polar surface area (TPSA) is 39.8 Å². The van der Waals surface area contributed by atoms with Gasteiger partial charge in [-0.05, 0) is 4.98 Å². The standard InChI is InChI=1S/C10H7ClN2O/c11-10-12-7-6-9(13(10)14)8-4-2-1-3-5-8/h1-7H. The van der Waals surface area contributed by atoms with Crippen molar-refractivity contribution in [3.63, 3.8) is 0 Å². The molecule has 2 aromatic rings. The van der Waals surface area contributed by atoms with E-state index >= 15 is 0 Å². The highest BCUT2D eigenvalue weighted by molar-refractivity contribution is 6.27. The molecule has 0 atom stereocenters. The van der Waals surface area contributed by atoms with Crippen LogP contribution in [-0.4, -0.2) is 4.98 Å². The summed E-state index contributed by atoms with van der Waals surface area (Å²) in [4.78, 5) is 3.68. The first kappa shape index (κ1) is 8.97. The monoisotopic (exact) mass is 206 g/mol. The van der Waals surface area contributed by atoms with Crippen molar-refractivity contribution in [2.75, 3.05) is 0 Å². The molecule has 0 bridgehead atoms. The summed E-state index contributed by atoms with van der Waals surface area (Å²) in [5, 5.41) is 11.4. The van der Waals surface area contributed by atoms with E-state index in [4.69, 9.17) is 11.6 Å². The lowest BCUT2D eigenvalue weighted by Gasteiger charge is -2.07. The van der Waals surface area contributed by atoms with Crippen LogP contribution in [0.15, 0.2) is 42.6 Å². The van der Waals surface area contributed by atoms with E-state index in [1.807, 2.05) is 30.3 Å². The van der Waals surface area contributed by atoms with Gasteiger partial charge in [-0.3, -0.25) is 0 Å². The van der Waals surface area contributed by atoms with E-state index in [0.29, 0.717) is 10.4 Å². The van der Waals surface area contributed by atoms with Crippen LogP contribution in [0, 0.1) is 5.21 Å². The fraction of sp³-hybridized carbons (Fsp3) is 0. The third-order valence-electron chi connectivity index (χ3n) is 1.87. The van der Waals surface area contributed by atoms with Gasteiger partial charge in [0, 0.05) is 23.2 Å². The Kier molecular flexibility index (Phi) is 2.33. The SMILES string of the molecule is [O-][n+]1c(-c2ccccc2)ccnc1Cl. The molecule has 4 heteroatoms. The quantitative estimate of drug-likeness (QED) is 0.407. The van der Waals surface area contributed by atoms with Gasteiger partial charge in [0.2, 0.25) is 0 Å². The minimum absolute atomic E-state index is 0.0636. The second-order valence-electron chi connectivity index (χ2n) is 2.76. The molecule has 0 unspecified atom stereocenters. The lowest BCUT2D eigenvalue weighted by Crippen LogP contribution is -2.31. The van der Waals surface area contributed by atoms with Crippen LogP contribution in [-0.2, 0) is 0 Å². The molecule has 0 amide bonds. The minimum Gasteiger partial charge on any atom is -0.709 e. The van der Waals surface area contributed by atoms with Gasteiger partial charge in [0.25, 0.3) is 0 Å². The third-order valence-corrected chi connectivity index (χ3v) is 2.12. The van der Waals surface area contributed by atoms with Gasteiger partial charge in [-0.25, -0.2) is 4.73 Å². The molecule has 1 aromatic carbocycles. The molecule has 0 N–H and O–H groups in total. The van der Waals surface area contributed by atoms with Crippen LogP contribution in [0.1, 0.15) is 0 Å². The Labute approximate surface area is 86.2 Å². The zero-order valence-corrected chi connectivity index (χ0v) is 7.98. The van der Waals surface area contributed by atoms with Gasteiger partial charge in [-0.1, -0.05) is 30.3 Å². The van der Waals surface area contributed by atoms with Gasteiger partial charge in [-0.15, -0.1) is 0 Å². The fourth-order valence-corrected chi connectivity index (χ4v) is 1.36. The maximum Gasteiger partial charge on any atom is 0.399 e. The zero-order valence-electron chi connectivity index (χ0n) is 7.22. The largest absolute Gasteiger partial charge is 0.709 e. The van der Waals surface area contributed by atoms with Gasteiger partial charge in [-0.2, -0.15) is 0 Å². The van der Waals surface area contributed by atoms with Crippen LogP contribution >= 0.6 is 11.6 Å². The first-order chi connectivity index (χ1) is 6.79. The van der Waals surface area contributed by atoms with E-state index in [9.17, 15) is 5.21 Å². The van der Waals surface area contributed by atoms with Crippen LogP contribution in [0.5, 0.6) is 0 Å². The second kappa shape index (κ2) is 3.64. The Morgan fingerprint density at radius 3 is 2.57 bits per heavy atom. The Morgan fingerprint density at radius 1 is 1.14 bits per heavy atom. The molecule has 14 heavy (non-hydrogen) atoms. The number of hydrogen-bond donors (Lipinski definition) is 0. The van der Waals surface area contributed by atoms with Crippen molar-refractivity contribution < 1.29 is 4.73 Å². The molecule has 0 saturated heterocycles. The first-order valence-corrected chi connectivity index (χ1v) is 4.46. The number of nitrogens with zero attached hydrogens (tertiary/aromatic N) is 2. The summed E-state index contributed by atoms with van der Waals surface area (Å²) < 4.78 is 0.608. The van der Waals surface area contributed by atoms with Gasteiger partial charge >= 0.3 is 5.28 Å². The highest BCUT2D eigenvalue weighted by atomic mass is 35.5. The lowest BCUT2D eigenvalue weighted by atomic mass is 10.1. The molecular weight excluding hydrogens is 200 g/mol. The average Bonchev–Trinajstić information content (AvgIpc) is 2.23. The normalized spacial score (nSPS) is 10.1. The summed E-state index contributed by atoms with van der Waals surface area (Å²) in [5.41, 5.74) is 1.33. The van der Waals surface area contributed by atoms with Crippen molar-refractivity contribution in [2.24, 2.45) is 0 Å². The van der Waals surface area contributed by atoms with Gasteiger partial charge in [0.15, 0.2) is 0 Å². The van der Waals surface area contributed by atoms with E-state index < -0.39 is 0 Å². The lowest BCUT2D eigenvalue weighted by molar-refractivity contribution is -0.594. The summed E-state index contributed by atoms with van der Waals surface area (Å²) in [6, 6.07) is 10.9. The maximum atomic E-state index is 11.5. The molecule has 0 aliphatic heterocycles. The Balaban J connectivity index is 2.58. The average molecular weight is 207 g/mol. The summed E-state index contributed by atoms with van der Waals surface area (Å²) in [6.45, 7) is 0. The fourth-order valence-electron chi connectivity index (χ4n) is 1.21. The molecule has 2 rings (SSSR count). The molecule has 3 nitrogen and oxygen atoms in total. The summed E-state index contributed by atoms with van der Waals surface area (Å²) in [5.74, 6) is 0. The van der Waals surface area contributed by atoms with Crippen molar-refractivity contribution in [3.05, 3.63) is 53.1 Å². The number of rotatable bonds is 1. The van der Waals surface area contributed by atoms with Crippen LogP contribution in [0.25, 0.3) is 11.3 Å². The van der Waals surface area contributed by atoms with E-state index in [0.717, 1.165) is 5.56 Å². The molecule has 0 saturated carbocycles. The van der Waals surface area contributed by atoms with Crippen molar-refractivity contribution in [2.45, 2.75) is 0 Å². The van der Waals surface area contributed by atoms with Crippen LogP contribution in [0.4, 0.5) is 0 Å². The Morgan fingerprint density at radius 2 is 1.86 bits per heavy atom. The molecule has 1 aromatic heterocycles. The zero-order chi connectivity index (χ0) is 9.97. The van der Waals surface area contributed by atoms with Gasteiger partial charge in [0.05, 0.1) is 0 Å². The molecule has 70 valence electrons. The summed E-state index contributed by atoms with van der Waals surface area (Å²) >= 11 is 5.60. The number of benzene rings is 1. The number of halogens is 1. The highest BCUT2D eigenvalue weighted by Gasteiger charge is 2.09. The predicted octanol–water partition coefficient (Wildman–Crippen LogP) is 2.04. The predicted molar refractivity (Wildman–Crippen MR) is 53.6 cm³/mol. The highest BCUT2D eigenvalue weighted by Crippen LogP contribution is 2.14. The summed E-state index contributed by atoms with van der Waals surface area (Å²) in [6.07, 6.45) is 1.51. The van der Waals surface area contributed by atoms with E-state index in [-0.39, 0.29) is 5.28 Å². The number of hydrogen-bond acceptors (Lipinski definition) is 2. The van der Waals surface area contributed by atoms with E-state index in [2.05, 4.69) is 4.98 Å². The molecule has 0 fully saturated rings. The molecular formula is C10H7ClN2O. The first-order valence-electron chi connectivity index (χ1n) is 4.08. The van der Waals surface area contributed by atoms with Crippen molar-refractivity contribution in [1.29, 1.82) is 0 Å². The number of aromatic nitrogens is 2. The summed E-state index contributed by atoms with van der Waals surface area (Å²) in [7, 11) is 0. The van der Waals surface area contributed by atoms with Crippen LogP contribution in [0.3, 0.4) is 0 Å². The van der Waals surface area contributed by atoms with E-state index in [1.165, 1.54) is 6.20 Å². The van der Waals surface area contributed by atoms with Gasteiger partial charge < -0.3 is 5.21 Å². The molecule has 0 spiro atoms. The van der Waals surface area contributed by atoms with Crippen LogP contribution < -0.4 is 4.73 Å². The minimum atomic E-state index is -0.0636. The Hall–Kier alpha value is -1.61. The molecule has 1 heterocycles. The van der Waals surface area contributed by atoms with Crippen molar-refractivity contribution >= 4 is 11.6 Å². The maximum absolute atomic E-state index is 11.5. The Bertz CT molecular complexity index is 445. The molecule has 0 aliphatic carbocycles. The van der Waals surface area contributed by atoms with Crippen LogP contribution in [0.2, 0.25) is 5.28 Å². The second-order valence-corrected chi connectivity index (χ2v) is 3.10. The van der Waals surface area contributed by atoms with E-state index in [1.54, 1.807) is 6.07 Å². The van der Waals surface area contributed by atoms with Crippen molar-refractivity contribution in [1.82, 2.24) is 4.98 Å². The van der Waals surface area contributed by atoms with Crippen molar-refractivity contribution in [3.8, 4) is 11.3 Å². The van der Waals surface area contributed by atoms with Gasteiger partial charge in [0.1, 0.15) is 11.9 Å². The smallest absolute Gasteiger partial charge is 0.399 e. The molecule has 0 aliphatic rings. The third kappa shape index (κ3) is 1.54. The molecule has 0 radical (unpaired) electrons.